The van der Waals surface area contributed by atoms with E-state index in [2.05, 4.69) is 6.07 Å². The van der Waals surface area contributed by atoms with Crippen LogP contribution in [0.25, 0.3) is 10.8 Å². The molecule has 1 aliphatic rings. The summed E-state index contributed by atoms with van der Waals surface area (Å²) in [6.45, 7) is 0.220. The fraction of sp³-hybridized carbons (Fsp3) is 0.286. The van der Waals surface area contributed by atoms with Gasteiger partial charge in [0.1, 0.15) is 5.75 Å². The highest BCUT2D eigenvalue weighted by molar-refractivity contribution is 5.88. The summed E-state index contributed by atoms with van der Waals surface area (Å²) >= 11 is 0. The van der Waals surface area contributed by atoms with Crippen LogP contribution in [0.4, 0.5) is 0 Å². The average molecular weight is 214 g/mol. The van der Waals surface area contributed by atoms with E-state index >= 15 is 0 Å². The zero-order valence-electron chi connectivity index (χ0n) is 8.98. The van der Waals surface area contributed by atoms with Gasteiger partial charge < -0.3 is 10.2 Å². The summed E-state index contributed by atoms with van der Waals surface area (Å²) in [6, 6.07) is 11.6. The number of aliphatic hydroxyl groups is 1. The first-order valence-electron chi connectivity index (χ1n) is 5.58. The Morgan fingerprint density at radius 1 is 1.12 bits per heavy atom. The highest BCUT2D eigenvalue weighted by Crippen LogP contribution is 2.48. The van der Waals surface area contributed by atoms with Gasteiger partial charge in [0.05, 0.1) is 6.61 Å². The molecule has 0 atom stereocenters. The molecule has 0 spiro atoms. The molecule has 2 nitrogen and oxygen atoms in total. The lowest BCUT2D eigenvalue weighted by Gasteiger charge is -2.13. The predicted octanol–water partition coefficient (Wildman–Crippen LogP) is 2.57. The van der Waals surface area contributed by atoms with Crippen LogP contribution in [0, 0.1) is 0 Å². The summed E-state index contributed by atoms with van der Waals surface area (Å²) in [4.78, 5) is 0. The van der Waals surface area contributed by atoms with Gasteiger partial charge in [-0.2, -0.15) is 0 Å². The molecule has 0 aliphatic heterocycles. The molecule has 2 heteroatoms. The van der Waals surface area contributed by atoms with E-state index < -0.39 is 0 Å². The lowest BCUT2D eigenvalue weighted by Crippen LogP contribution is -2.11. The smallest absolute Gasteiger partial charge is 0.123 e. The van der Waals surface area contributed by atoms with Crippen molar-refractivity contribution < 1.29 is 10.2 Å². The molecule has 0 heterocycles. The highest BCUT2D eigenvalue weighted by Gasteiger charge is 2.43. The molecule has 0 amide bonds. The number of fused-ring (bicyclic) bond motifs is 1. The lowest BCUT2D eigenvalue weighted by molar-refractivity contribution is 0.255. The molecule has 0 radical (unpaired) electrons. The SMILES string of the molecule is OCC1(c2ccc3c(O)cccc3c2)CC1. The Labute approximate surface area is 94.2 Å². The van der Waals surface area contributed by atoms with Crippen LogP contribution >= 0.6 is 0 Å². The molecule has 2 N–H and O–H groups in total. The van der Waals surface area contributed by atoms with E-state index in [-0.39, 0.29) is 12.0 Å². The van der Waals surface area contributed by atoms with Crippen molar-refractivity contribution >= 4 is 10.8 Å². The maximum Gasteiger partial charge on any atom is 0.123 e. The number of benzene rings is 2. The topological polar surface area (TPSA) is 40.5 Å². The number of phenolic OH excluding ortho intramolecular Hbond substituents is 1. The van der Waals surface area contributed by atoms with Crippen molar-refractivity contribution in [1.29, 1.82) is 0 Å². The molecule has 1 fully saturated rings. The molecule has 3 rings (SSSR count). The van der Waals surface area contributed by atoms with Gasteiger partial charge in [0.25, 0.3) is 0 Å². The maximum atomic E-state index is 9.69. The number of hydrogen-bond donors (Lipinski definition) is 2. The van der Waals surface area contributed by atoms with Crippen molar-refractivity contribution in [2.24, 2.45) is 0 Å². The summed E-state index contributed by atoms with van der Waals surface area (Å²) in [7, 11) is 0. The zero-order valence-corrected chi connectivity index (χ0v) is 8.98. The largest absolute Gasteiger partial charge is 0.507 e. The van der Waals surface area contributed by atoms with Crippen molar-refractivity contribution in [3.05, 3.63) is 42.0 Å². The Kier molecular flexibility index (Phi) is 1.95. The molecule has 1 saturated carbocycles. The Hall–Kier alpha value is -1.54. The second-order valence-electron chi connectivity index (χ2n) is 4.65. The highest BCUT2D eigenvalue weighted by atomic mass is 16.3. The van der Waals surface area contributed by atoms with Crippen molar-refractivity contribution in [1.82, 2.24) is 0 Å². The fourth-order valence-corrected chi connectivity index (χ4v) is 2.29. The van der Waals surface area contributed by atoms with Gasteiger partial charge in [-0.05, 0) is 29.9 Å². The molecule has 82 valence electrons. The average Bonchev–Trinajstić information content (AvgIpc) is 3.10. The van der Waals surface area contributed by atoms with Crippen molar-refractivity contribution in [3.8, 4) is 5.75 Å². The number of aliphatic hydroxyl groups excluding tert-OH is 1. The van der Waals surface area contributed by atoms with Gasteiger partial charge in [0, 0.05) is 10.8 Å². The number of hydrogen-bond acceptors (Lipinski definition) is 2. The minimum absolute atomic E-state index is 0.000347. The van der Waals surface area contributed by atoms with E-state index in [4.69, 9.17) is 0 Å². The van der Waals surface area contributed by atoms with E-state index in [0.29, 0.717) is 5.75 Å². The van der Waals surface area contributed by atoms with E-state index in [0.717, 1.165) is 23.6 Å². The van der Waals surface area contributed by atoms with Gasteiger partial charge in [-0.15, -0.1) is 0 Å². The molecule has 0 saturated heterocycles. The maximum absolute atomic E-state index is 9.69. The van der Waals surface area contributed by atoms with Crippen LogP contribution in [0.1, 0.15) is 18.4 Å². The number of phenols is 1. The van der Waals surface area contributed by atoms with E-state index in [1.165, 1.54) is 5.56 Å². The fourth-order valence-electron chi connectivity index (χ4n) is 2.29. The standard InChI is InChI=1S/C14H14O2/c15-9-14(6-7-14)11-4-5-12-10(8-11)2-1-3-13(12)16/h1-5,8,15-16H,6-7,9H2. The number of rotatable bonds is 2. The minimum Gasteiger partial charge on any atom is -0.507 e. The van der Waals surface area contributed by atoms with E-state index in [9.17, 15) is 10.2 Å². The lowest BCUT2D eigenvalue weighted by atomic mass is 9.94. The summed E-state index contributed by atoms with van der Waals surface area (Å²) in [5.41, 5.74) is 1.19. The predicted molar refractivity (Wildman–Crippen MR) is 63.6 cm³/mol. The third-order valence-corrected chi connectivity index (χ3v) is 3.63. The Morgan fingerprint density at radius 2 is 1.94 bits per heavy atom. The molecule has 16 heavy (non-hydrogen) atoms. The molecule has 0 bridgehead atoms. The van der Waals surface area contributed by atoms with Crippen LogP contribution in [0.15, 0.2) is 36.4 Å². The van der Waals surface area contributed by atoms with Crippen molar-refractivity contribution in [2.45, 2.75) is 18.3 Å². The van der Waals surface area contributed by atoms with Gasteiger partial charge in [0.15, 0.2) is 0 Å². The first-order valence-corrected chi connectivity index (χ1v) is 5.58. The summed E-state index contributed by atoms with van der Waals surface area (Å²) < 4.78 is 0. The molecule has 2 aromatic rings. The molecule has 2 aromatic carbocycles. The molecule has 0 aromatic heterocycles. The molecule has 0 unspecified atom stereocenters. The second kappa shape index (κ2) is 3.22. The van der Waals surface area contributed by atoms with E-state index in [1.807, 2.05) is 24.3 Å². The van der Waals surface area contributed by atoms with Crippen LogP contribution in [-0.2, 0) is 5.41 Å². The normalized spacial score (nSPS) is 17.6. The van der Waals surface area contributed by atoms with Crippen LogP contribution in [0.2, 0.25) is 0 Å². The van der Waals surface area contributed by atoms with E-state index in [1.54, 1.807) is 6.07 Å². The quantitative estimate of drug-likeness (QED) is 0.806. The monoisotopic (exact) mass is 214 g/mol. The van der Waals surface area contributed by atoms with Gasteiger partial charge in [0.2, 0.25) is 0 Å². The van der Waals surface area contributed by atoms with Gasteiger partial charge >= 0.3 is 0 Å². The summed E-state index contributed by atoms with van der Waals surface area (Å²) in [5.74, 6) is 0.317. The Bertz CT molecular complexity index is 541. The Morgan fingerprint density at radius 3 is 2.62 bits per heavy atom. The second-order valence-corrected chi connectivity index (χ2v) is 4.65. The van der Waals surface area contributed by atoms with Crippen LogP contribution < -0.4 is 0 Å². The summed E-state index contributed by atoms with van der Waals surface area (Å²) in [6.07, 6.45) is 2.13. The molecular formula is C14H14O2. The molecule has 1 aliphatic carbocycles. The van der Waals surface area contributed by atoms with Crippen LogP contribution in [-0.4, -0.2) is 16.8 Å². The third kappa shape index (κ3) is 1.30. The third-order valence-electron chi connectivity index (χ3n) is 3.63. The minimum atomic E-state index is -0.000347. The summed E-state index contributed by atoms with van der Waals surface area (Å²) in [5, 5.41) is 21.0. The molecular weight excluding hydrogens is 200 g/mol. The first-order chi connectivity index (χ1) is 7.75. The van der Waals surface area contributed by atoms with Crippen LogP contribution in [0.3, 0.4) is 0 Å². The van der Waals surface area contributed by atoms with Gasteiger partial charge in [-0.1, -0.05) is 30.3 Å². The van der Waals surface area contributed by atoms with Crippen molar-refractivity contribution in [3.63, 3.8) is 0 Å². The first kappa shape index (κ1) is 9.67. The van der Waals surface area contributed by atoms with Crippen LogP contribution in [0.5, 0.6) is 5.75 Å². The number of aromatic hydroxyl groups is 1. The van der Waals surface area contributed by atoms with Crippen molar-refractivity contribution in [2.75, 3.05) is 6.61 Å². The van der Waals surface area contributed by atoms with Gasteiger partial charge in [-0.25, -0.2) is 0 Å². The van der Waals surface area contributed by atoms with Gasteiger partial charge in [-0.3, -0.25) is 0 Å². The Balaban J connectivity index is 2.17. The zero-order chi connectivity index (χ0) is 11.2.